The van der Waals surface area contributed by atoms with E-state index in [1.807, 2.05) is 0 Å². The molecule has 114 valence electrons. The number of rotatable bonds is 7. The molecular formula is C14H23NO5. The van der Waals surface area contributed by atoms with E-state index in [1.54, 1.807) is 6.92 Å². The third kappa shape index (κ3) is 5.59. The molecule has 6 nitrogen and oxygen atoms in total. The molecule has 6 heteroatoms. The summed E-state index contributed by atoms with van der Waals surface area (Å²) in [4.78, 5) is 34.1. The largest absolute Gasteiger partial charge is 0.480 e. The Morgan fingerprint density at radius 2 is 1.85 bits per heavy atom. The zero-order valence-electron chi connectivity index (χ0n) is 11.9. The molecule has 1 amide bonds. The standard InChI is InChI=1S/C14H23NO5/c1-2-20-12(17)9-8-11(16)15-13(14(18)19)10-6-4-3-5-7-10/h10,13H,2-9H2,1H3,(H,15,16)(H,18,19)/t13-/m0/s1. The molecular weight excluding hydrogens is 262 g/mol. The maximum absolute atomic E-state index is 11.7. The number of hydrogen-bond acceptors (Lipinski definition) is 4. The van der Waals surface area contributed by atoms with Crippen LogP contribution in [-0.2, 0) is 19.1 Å². The highest BCUT2D eigenvalue weighted by atomic mass is 16.5. The van der Waals surface area contributed by atoms with Crippen molar-refractivity contribution in [2.45, 2.75) is 57.9 Å². The third-order valence-corrected chi connectivity index (χ3v) is 3.57. The topological polar surface area (TPSA) is 92.7 Å². The van der Waals surface area contributed by atoms with E-state index in [9.17, 15) is 19.5 Å². The molecule has 0 spiro atoms. The van der Waals surface area contributed by atoms with Gasteiger partial charge in [-0.15, -0.1) is 0 Å². The number of nitrogens with one attached hydrogen (secondary N) is 1. The van der Waals surface area contributed by atoms with Crippen LogP contribution in [0.2, 0.25) is 0 Å². The van der Waals surface area contributed by atoms with Crippen molar-refractivity contribution in [3.63, 3.8) is 0 Å². The maximum Gasteiger partial charge on any atom is 0.326 e. The van der Waals surface area contributed by atoms with E-state index in [-0.39, 0.29) is 25.4 Å². The number of carboxylic acids is 1. The van der Waals surface area contributed by atoms with Crippen molar-refractivity contribution in [1.29, 1.82) is 0 Å². The van der Waals surface area contributed by atoms with Crippen LogP contribution in [0.1, 0.15) is 51.9 Å². The van der Waals surface area contributed by atoms with Crippen molar-refractivity contribution >= 4 is 17.8 Å². The van der Waals surface area contributed by atoms with Gasteiger partial charge in [0.1, 0.15) is 6.04 Å². The van der Waals surface area contributed by atoms with E-state index >= 15 is 0 Å². The van der Waals surface area contributed by atoms with E-state index in [0.29, 0.717) is 0 Å². The van der Waals surface area contributed by atoms with Gasteiger partial charge in [-0.1, -0.05) is 19.3 Å². The lowest BCUT2D eigenvalue weighted by atomic mass is 9.84. The summed E-state index contributed by atoms with van der Waals surface area (Å²) >= 11 is 0. The number of hydrogen-bond donors (Lipinski definition) is 2. The van der Waals surface area contributed by atoms with Gasteiger partial charge in [-0.2, -0.15) is 0 Å². The van der Waals surface area contributed by atoms with Gasteiger partial charge in [0.2, 0.25) is 5.91 Å². The molecule has 0 radical (unpaired) electrons. The summed E-state index contributed by atoms with van der Waals surface area (Å²) in [5, 5.41) is 11.8. The molecule has 1 aliphatic carbocycles. The number of aliphatic carboxylic acids is 1. The second kappa shape index (κ2) is 8.55. The average Bonchev–Trinajstić information content (AvgIpc) is 2.43. The summed E-state index contributed by atoms with van der Waals surface area (Å²) in [6, 6.07) is -0.843. The van der Waals surface area contributed by atoms with Gasteiger partial charge >= 0.3 is 11.9 Å². The molecule has 0 heterocycles. The molecule has 1 atom stereocenters. The fraction of sp³-hybridized carbons (Fsp3) is 0.786. The van der Waals surface area contributed by atoms with Gasteiger partial charge < -0.3 is 15.2 Å². The van der Waals surface area contributed by atoms with Crippen LogP contribution in [0, 0.1) is 5.92 Å². The monoisotopic (exact) mass is 285 g/mol. The summed E-state index contributed by atoms with van der Waals surface area (Å²) in [6.07, 6.45) is 4.75. The number of carbonyl (C=O) groups excluding carboxylic acids is 2. The van der Waals surface area contributed by atoms with Gasteiger partial charge in [0.05, 0.1) is 13.0 Å². The number of ether oxygens (including phenoxy) is 1. The Kier molecular flexibility index (Phi) is 7.04. The highest BCUT2D eigenvalue weighted by molar-refractivity contribution is 5.85. The Morgan fingerprint density at radius 3 is 2.40 bits per heavy atom. The van der Waals surface area contributed by atoms with Crippen LogP contribution in [0.25, 0.3) is 0 Å². The lowest BCUT2D eigenvalue weighted by Crippen LogP contribution is -2.46. The van der Waals surface area contributed by atoms with Crippen LogP contribution in [-0.4, -0.2) is 35.6 Å². The minimum Gasteiger partial charge on any atom is -0.480 e. The van der Waals surface area contributed by atoms with Crippen LogP contribution in [0.3, 0.4) is 0 Å². The van der Waals surface area contributed by atoms with Gasteiger partial charge in [0, 0.05) is 6.42 Å². The van der Waals surface area contributed by atoms with Gasteiger partial charge in [-0.3, -0.25) is 9.59 Å². The van der Waals surface area contributed by atoms with E-state index in [2.05, 4.69) is 5.32 Å². The molecule has 1 fully saturated rings. The van der Waals surface area contributed by atoms with Crippen LogP contribution in [0.4, 0.5) is 0 Å². The molecule has 0 bridgehead atoms. The lowest BCUT2D eigenvalue weighted by Gasteiger charge is -2.28. The zero-order chi connectivity index (χ0) is 15.0. The minimum absolute atomic E-state index is 0.00667. The molecule has 0 saturated heterocycles. The molecule has 2 N–H and O–H groups in total. The Balaban J connectivity index is 2.42. The van der Waals surface area contributed by atoms with Crippen molar-refractivity contribution in [2.75, 3.05) is 6.61 Å². The Labute approximate surface area is 118 Å². The quantitative estimate of drug-likeness (QED) is 0.691. The smallest absolute Gasteiger partial charge is 0.326 e. The molecule has 1 saturated carbocycles. The summed E-state index contributed by atoms with van der Waals surface area (Å²) < 4.78 is 4.73. The summed E-state index contributed by atoms with van der Waals surface area (Å²) in [7, 11) is 0. The molecule has 1 aliphatic rings. The fourth-order valence-electron chi connectivity index (χ4n) is 2.54. The SMILES string of the molecule is CCOC(=O)CCC(=O)N[C@H](C(=O)O)C1CCCCC1. The van der Waals surface area contributed by atoms with Crippen molar-refractivity contribution in [3.8, 4) is 0 Å². The maximum atomic E-state index is 11.7. The third-order valence-electron chi connectivity index (χ3n) is 3.57. The van der Waals surface area contributed by atoms with Crippen LogP contribution >= 0.6 is 0 Å². The molecule has 1 rings (SSSR count). The first-order chi connectivity index (χ1) is 9.54. The second-order valence-electron chi connectivity index (χ2n) is 5.09. The van der Waals surface area contributed by atoms with Crippen molar-refractivity contribution in [2.24, 2.45) is 5.92 Å². The number of amides is 1. The fourth-order valence-corrected chi connectivity index (χ4v) is 2.54. The summed E-state index contributed by atoms with van der Waals surface area (Å²) in [6.45, 7) is 1.97. The van der Waals surface area contributed by atoms with Crippen LogP contribution < -0.4 is 5.32 Å². The highest BCUT2D eigenvalue weighted by Gasteiger charge is 2.30. The van der Waals surface area contributed by atoms with E-state index in [1.165, 1.54) is 0 Å². The highest BCUT2D eigenvalue weighted by Crippen LogP contribution is 2.26. The summed E-state index contributed by atoms with van der Waals surface area (Å²) in [5.74, 6) is -1.85. The lowest BCUT2D eigenvalue weighted by molar-refractivity contribution is -0.145. The predicted octanol–water partition coefficient (Wildman–Crippen LogP) is 1.48. The van der Waals surface area contributed by atoms with Gasteiger partial charge in [-0.25, -0.2) is 4.79 Å². The Bertz CT molecular complexity index is 349. The van der Waals surface area contributed by atoms with E-state index in [4.69, 9.17) is 4.74 Å². The molecule has 20 heavy (non-hydrogen) atoms. The van der Waals surface area contributed by atoms with Crippen LogP contribution in [0.5, 0.6) is 0 Å². The molecule has 0 aromatic heterocycles. The first-order valence-electron chi connectivity index (χ1n) is 7.22. The van der Waals surface area contributed by atoms with Gasteiger partial charge in [0.25, 0.3) is 0 Å². The molecule has 0 aromatic rings. The molecule has 0 unspecified atom stereocenters. The van der Waals surface area contributed by atoms with Crippen molar-refractivity contribution in [3.05, 3.63) is 0 Å². The van der Waals surface area contributed by atoms with E-state index < -0.39 is 23.9 Å². The number of carbonyl (C=O) groups is 3. The Morgan fingerprint density at radius 1 is 1.20 bits per heavy atom. The zero-order valence-corrected chi connectivity index (χ0v) is 11.9. The predicted molar refractivity (Wildman–Crippen MR) is 72.0 cm³/mol. The minimum atomic E-state index is -0.999. The Hall–Kier alpha value is -1.59. The van der Waals surface area contributed by atoms with Gasteiger partial charge in [-0.05, 0) is 25.7 Å². The number of esters is 1. The normalized spacial score (nSPS) is 17.2. The summed E-state index contributed by atoms with van der Waals surface area (Å²) in [5.41, 5.74) is 0. The number of carboxylic acid groups (broad SMARTS) is 1. The average molecular weight is 285 g/mol. The first kappa shape index (κ1) is 16.5. The van der Waals surface area contributed by atoms with Crippen molar-refractivity contribution < 1.29 is 24.2 Å². The second-order valence-corrected chi connectivity index (χ2v) is 5.09. The van der Waals surface area contributed by atoms with Crippen LogP contribution in [0.15, 0.2) is 0 Å². The van der Waals surface area contributed by atoms with E-state index in [0.717, 1.165) is 32.1 Å². The molecule has 0 aliphatic heterocycles. The van der Waals surface area contributed by atoms with Crippen molar-refractivity contribution in [1.82, 2.24) is 5.32 Å². The molecule has 0 aromatic carbocycles. The first-order valence-corrected chi connectivity index (χ1v) is 7.22. The van der Waals surface area contributed by atoms with Gasteiger partial charge in [0.15, 0.2) is 0 Å².